The third kappa shape index (κ3) is 7.16. The largest absolute Gasteiger partial charge is 0.356 e. The summed E-state index contributed by atoms with van der Waals surface area (Å²) in [6.07, 6.45) is 5.26. The molecule has 2 aromatic heterocycles. The van der Waals surface area contributed by atoms with E-state index in [9.17, 15) is 4.79 Å². The molecule has 2 aromatic carbocycles. The van der Waals surface area contributed by atoms with E-state index in [2.05, 4.69) is 62.7 Å². The van der Waals surface area contributed by atoms with Crippen LogP contribution in [0.3, 0.4) is 0 Å². The monoisotopic (exact) mass is 565 g/mol. The van der Waals surface area contributed by atoms with Gasteiger partial charge in [0.05, 0.1) is 10.7 Å². The molecule has 2 N–H and O–H groups in total. The summed E-state index contributed by atoms with van der Waals surface area (Å²) >= 11 is 6.56. The van der Waals surface area contributed by atoms with Crippen LogP contribution in [0.1, 0.15) is 17.0 Å². The van der Waals surface area contributed by atoms with Gasteiger partial charge in [-0.1, -0.05) is 49.0 Å². The Bertz CT molecular complexity index is 1560. The molecule has 4 aromatic rings. The fourth-order valence-corrected chi connectivity index (χ4v) is 4.80. The van der Waals surface area contributed by atoms with Crippen LogP contribution >= 0.6 is 11.6 Å². The zero-order valence-corrected chi connectivity index (χ0v) is 23.7. The molecule has 1 aliphatic heterocycles. The third-order valence-electron chi connectivity index (χ3n) is 6.91. The molecule has 0 radical (unpaired) electrons. The van der Waals surface area contributed by atoms with Gasteiger partial charge in [0.1, 0.15) is 11.6 Å². The van der Waals surface area contributed by atoms with E-state index in [1.54, 1.807) is 6.20 Å². The molecule has 1 aliphatic rings. The Labute approximate surface area is 245 Å². The van der Waals surface area contributed by atoms with Gasteiger partial charge in [-0.15, -0.1) is 0 Å². The van der Waals surface area contributed by atoms with Crippen LogP contribution in [0.15, 0.2) is 92.3 Å². The SMILES string of the molecule is C=CC(=O)Nc1ccc(C(=C)Nc2cccc(Cc3ncc(Cl)c(-c4ccnc(N5CCN(C)CC5)c4)n3)c2)cc1. The Morgan fingerprint density at radius 3 is 2.54 bits per heavy atom. The lowest BCUT2D eigenvalue weighted by atomic mass is 10.1. The molecule has 208 valence electrons. The van der Waals surface area contributed by atoms with Crippen molar-refractivity contribution in [2.75, 3.05) is 48.8 Å². The molecule has 1 fully saturated rings. The lowest BCUT2D eigenvalue weighted by Crippen LogP contribution is -2.44. The van der Waals surface area contributed by atoms with E-state index in [4.69, 9.17) is 16.6 Å². The van der Waals surface area contributed by atoms with Gasteiger partial charge in [-0.05, 0) is 60.6 Å². The van der Waals surface area contributed by atoms with Crippen molar-refractivity contribution < 1.29 is 4.79 Å². The number of nitrogens with zero attached hydrogens (tertiary/aromatic N) is 5. The second-order valence-corrected chi connectivity index (χ2v) is 10.3. The van der Waals surface area contributed by atoms with Gasteiger partial charge in [0.15, 0.2) is 0 Å². The number of aromatic nitrogens is 3. The van der Waals surface area contributed by atoms with Crippen LogP contribution in [0.2, 0.25) is 5.02 Å². The average molecular weight is 566 g/mol. The van der Waals surface area contributed by atoms with Crippen molar-refractivity contribution >= 4 is 40.4 Å². The molecule has 5 rings (SSSR count). The third-order valence-corrected chi connectivity index (χ3v) is 7.19. The maximum atomic E-state index is 11.5. The van der Waals surface area contributed by atoms with E-state index in [0.717, 1.165) is 60.1 Å². The highest BCUT2D eigenvalue weighted by Gasteiger charge is 2.17. The van der Waals surface area contributed by atoms with Crippen molar-refractivity contribution in [1.29, 1.82) is 0 Å². The number of hydrogen-bond donors (Lipinski definition) is 2. The molecular formula is C32H32ClN7O. The quantitative estimate of drug-likeness (QED) is 0.250. The molecule has 0 aliphatic carbocycles. The molecule has 0 saturated carbocycles. The van der Waals surface area contributed by atoms with Crippen LogP contribution in [-0.2, 0) is 11.2 Å². The fraction of sp³-hybridized carbons (Fsp3) is 0.188. The van der Waals surface area contributed by atoms with Crippen LogP contribution in [0, 0.1) is 0 Å². The van der Waals surface area contributed by atoms with Gasteiger partial charge in [0.25, 0.3) is 0 Å². The Kier molecular flexibility index (Phi) is 8.72. The summed E-state index contributed by atoms with van der Waals surface area (Å²) < 4.78 is 0. The first kappa shape index (κ1) is 28.0. The number of piperazine rings is 1. The van der Waals surface area contributed by atoms with Crippen molar-refractivity contribution in [3.8, 4) is 11.3 Å². The zero-order chi connectivity index (χ0) is 28.8. The summed E-state index contributed by atoms with van der Waals surface area (Å²) in [5.41, 5.74) is 5.91. The van der Waals surface area contributed by atoms with Crippen LogP contribution < -0.4 is 15.5 Å². The summed E-state index contributed by atoms with van der Waals surface area (Å²) in [5.74, 6) is 1.36. The van der Waals surface area contributed by atoms with Crippen LogP contribution in [-0.4, -0.2) is 59.0 Å². The maximum absolute atomic E-state index is 11.5. The van der Waals surface area contributed by atoms with Gasteiger partial charge in [-0.3, -0.25) is 4.79 Å². The first-order chi connectivity index (χ1) is 19.9. The van der Waals surface area contributed by atoms with Crippen LogP contribution in [0.4, 0.5) is 17.2 Å². The van der Waals surface area contributed by atoms with E-state index in [1.165, 1.54) is 6.08 Å². The van der Waals surface area contributed by atoms with Crippen molar-refractivity contribution in [3.63, 3.8) is 0 Å². The van der Waals surface area contributed by atoms with Crippen LogP contribution in [0.25, 0.3) is 17.0 Å². The Morgan fingerprint density at radius 1 is 1.00 bits per heavy atom. The highest BCUT2D eigenvalue weighted by atomic mass is 35.5. The molecule has 0 spiro atoms. The Hall–Kier alpha value is -4.53. The van der Waals surface area contributed by atoms with Gasteiger partial charge in [0, 0.05) is 67.6 Å². The number of benzene rings is 2. The van der Waals surface area contributed by atoms with E-state index in [-0.39, 0.29) is 5.91 Å². The van der Waals surface area contributed by atoms with Gasteiger partial charge < -0.3 is 20.4 Å². The van der Waals surface area contributed by atoms with Crippen molar-refractivity contribution in [3.05, 3.63) is 114 Å². The predicted octanol–water partition coefficient (Wildman–Crippen LogP) is 5.74. The lowest BCUT2D eigenvalue weighted by Gasteiger charge is -2.33. The topological polar surface area (TPSA) is 86.3 Å². The van der Waals surface area contributed by atoms with Crippen molar-refractivity contribution in [2.24, 2.45) is 0 Å². The highest BCUT2D eigenvalue weighted by Crippen LogP contribution is 2.28. The van der Waals surface area contributed by atoms with E-state index in [1.807, 2.05) is 54.7 Å². The maximum Gasteiger partial charge on any atom is 0.247 e. The first-order valence-electron chi connectivity index (χ1n) is 13.4. The minimum absolute atomic E-state index is 0.250. The first-order valence-corrected chi connectivity index (χ1v) is 13.8. The molecule has 9 heteroatoms. The number of nitrogens with one attached hydrogen (secondary N) is 2. The Morgan fingerprint density at radius 2 is 1.78 bits per heavy atom. The Balaban J connectivity index is 1.28. The summed E-state index contributed by atoms with van der Waals surface area (Å²) in [5, 5.41) is 6.61. The molecule has 0 bridgehead atoms. The molecule has 3 heterocycles. The standard InChI is InChI=1S/C32H32ClN7O/c1-4-31(41)37-26-10-8-24(9-11-26)22(2)36-27-7-5-6-23(18-27)19-29-35-21-28(33)32(38-29)25-12-13-34-30(20-25)40-16-14-39(3)15-17-40/h4-13,18,20-21,36H,1-2,14-17,19H2,3H3,(H,37,41). The van der Waals surface area contributed by atoms with E-state index >= 15 is 0 Å². The van der Waals surface area contributed by atoms with E-state index < -0.39 is 0 Å². The van der Waals surface area contributed by atoms with Gasteiger partial charge in [0.2, 0.25) is 5.91 Å². The van der Waals surface area contributed by atoms with Crippen molar-refractivity contribution in [2.45, 2.75) is 6.42 Å². The number of rotatable bonds is 9. The molecule has 1 amide bonds. The number of amides is 1. The number of halogens is 1. The number of likely N-dealkylation sites (N-methyl/N-ethyl adjacent to an activating group) is 1. The highest BCUT2D eigenvalue weighted by molar-refractivity contribution is 6.32. The van der Waals surface area contributed by atoms with Gasteiger partial charge >= 0.3 is 0 Å². The minimum atomic E-state index is -0.250. The lowest BCUT2D eigenvalue weighted by molar-refractivity contribution is -0.111. The second-order valence-electron chi connectivity index (χ2n) is 9.93. The normalized spacial score (nSPS) is 13.5. The second kappa shape index (κ2) is 12.8. The van der Waals surface area contributed by atoms with Crippen molar-refractivity contribution in [1.82, 2.24) is 19.9 Å². The molecule has 0 atom stereocenters. The smallest absolute Gasteiger partial charge is 0.247 e. The van der Waals surface area contributed by atoms with Gasteiger partial charge in [-0.25, -0.2) is 15.0 Å². The molecule has 8 nitrogen and oxygen atoms in total. The molecule has 0 unspecified atom stereocenters. The zero-order valence-electron chi connectivity index (χ0n) is 23.0. The number of carbonyl (C=O) groups is 1. The fourth-order valence-electron chi connectivity index (χ4n) is 4.60. The number of hydrogen-bond acceptors (Lipinski definition) is 7. The summed E-state index contributed by atoms with van der Waals surface area (Å²) in [4.78, 5) is 30.1. The summed E-state index contributed by atoms with van der Waals surface area (Å²) in [7, 11) is 2.14. The minimum Gasteiger partial charge on any atom is -0.356 e. The summed E-state index contributed by atoms with van der Waals surface area (Å²) in [6, 6.07) is 19.5. The number of pyridine rings is 1. The molecular weight excluding hydrogens is 534 g/mol. The molecule has 1 saturated heterocycles. The van der Waals surface area contributed by atoms with E-state index in [0.29, 0.717) is 28.6 Å². The number of carbonyl (C=O) groups excluding carboxylic acids is 1. The average Bonchev–Trinajstić information content (AvgIpc) is 2.99. The number of anilines is 3. The molecule has 41 heavy (non-hydrogen) atoms. The predicted molar refractivity (Wildman–Crippen MR) is 167 cm³/mol. The van der Waals surface area contributed by atoms with Crippen LogP contribution in [0.5, 0.6) is 0 Å². The van der Waals surface area contributed by atoms with Gasteiger partial charge in [-0.2, -0.15) is 0 Å². The summed E-state index contributed by atoms with van der Waals surface area (Å²) in [6.45, 7) is 11.5.